The third-order valence-corrected chi connectivity index (χ3v) is 2.83. The standard InChI is InChI=1S/C13H25NO2/c1-15-11-12-16-10-4-8-14-9-7-13-5-2-3-6-13/h5,14H,2-4,6-12H2,1H3. The van der Waals surface area contributed by atoms with Gasteiger partial charge in [-0.1, -0.05) is 11.6 Å². The van der Waals surface area contributed by atoms with Gasteiger partial charge in [-0.25, -0.2) is 0 Å². The lowest BCUT2D eigenvalue weighted by Gasteiger charge is -2.06. The molecule has 0 bridgehead atoms. The molecule has 0 aromatic rings. The summed E-state index contributed by atoms with van der Waals surface area (Å²) in [4.78, 5) is 0. The van der Waals surface area contributed by atoms with E-state index < -0.39 is 0 Å². The SMILES string of the molecule is COCCOCCCNCCC1=CCCC1. The van der Waals surface area contributed by atoms with Crippen LogP contribution in [0.15, 0.2) is 11.6 Å². The minimum atomic E-state index is 0.696. The van der Waals surface area contributed by atoms with Crippen molar-refractivity contribution in [3.63, 3.8) is 0 Å². The summed E-state index contributed by atoms with van der Waals surface area (Å²) < 4.78 is 10.3. The Labute approximate surface area is 99.2 Å². The number of allylic oxidation sites excluding steroid dienone is 1. The summed E-state index contributed by atoms with van der Waals surface area (Å²) in [5.74, 6) is 0. The summed E-state index contributed by atoms with van der Waals surface area (Å²) in [5, 5.41) is 3.45. The maximum absolute atomic E-state index is 5.38. The molecule has 94 valence electrons. The van der Waals surface area contributed by atoms with Gasteiger partial charge in [-0.3, -0.25) is 0 Å². The Morgan fingerprint density at radius 1 is 1.25 bits per heavy atom. The first-order valence-electron chi connectivity index (χ1n) is 6.39. The van der Waals surface area contributed by atoms with Gasteiger partial charge in [0.15, 0.2) is 0 Å². The Morgan fingerprint density at radius 3 is 2.94 bits per heavy atom. The topological polar surface area (TPSA) is 30.5 Å². The van der Waals surface area contributed by atoms with Gasteiger partial charge >= 0.3 is 0 Å². The molecule has 0 saturated heterocycles. The second-order valence-electron chi connectivity index (χ2n) is 4.21. The smallest absolute Gasteiger partial charge is 0.0700 e. The molecule has 0 fully saturated rings. The highest BCUT2D eigenvalue weighted by molar-refractivity contribution is 5.07. The fourth-order valence-electron chi connectivity index (χ4n) is 1.88. The fourth-order valence-corrected chi connectivity index (χ4v) is 1.88. The molecule has 0 heterocycles. The van der Waals surface area contributed by atoms with Gasteiger partial charge < -0.3 is 14.8 Å². The van der Waals surface area contributed by atoms with Crippen LogP contribution in [0, 0.1) is 0 Å². The van der Waals surface area contributed by atoms with Gasteiger partial charge in [-0.2, -0.15) is 0 Å². The Bertz CT molecular complexity index is 192. The maximum atomic E-state index is 5.38. The van der Waals surface area contributed by atoms with Crippen LogP contribution in [-0.2, 0) is 9.47 Å². The van der Waals surface area contributed by atoms with Crippen molar-refractivity contribution < 1.29 is 9.47 Å². The molecular formula is C13H25NO2. The molecule has 0 spiro atoms. The van der Waals surface area contributed by atoms with Crippen LogP contribution in [0.25, 0.3) is 0 Å². The van der Waals surface area contributed by atoms with Gasteiger partial charge in [0.2, 0.25) is 0 Å². The molecule has 0 unspecified atom stereocenters. The molecular weight excluding hydrogens is 202 g/mol. The molecule has 0 saturated carbocycles. The molecule has 1 N–H and O–H groups in total. The number of hydrogen-bond acceptors (Lipinski definition) is 3. The first kappa shape index (κ1) is 13.7. The van der Waals surface area contributed by atoms with Crippen molar-refractivity contribution in [1.82, 2.24) is 5.32 Å². The number of methoxy groups -OCH3 is 1. The van der Waals surface area contributed by atoms with Crippen LogP contribution in [0.4, 0.5) is 0 Å². The van der Waals surface area contributed by atoms with E-state index in [0.29, 0.717) is 13.2 Å². The molecule has 1 aliphatic rings. The summed E-state index contributed by atoms with van der Waals surface area (Å²) in [6.07, 6.45) is 8.69. The highest BCUT2D eigenvalue weighted by Gasteiger charge is 2.02. The summed E-state index contributed by atoms with van der Waals surface area (Å²) in [7, 11) is 1.70. The Morgan fingerprint density at radius 2 is 2.19 bits per heavy atom. The Kier molecular flexibility index (Phi) is 8.40. The Balaban J connectivity index is 1.74. The molecule has 0 radical (unpaired) electrons. The highest BCUT2D eigenvalue weighted by Crippen LogP contribution is 2.19. The van der Waals surface area contributed by atoms with Gasteiger partial charge in [-0.05, 0) is 45.2 Å². The van der Waals surface area contributed by atoms with Crippen LogP contribution in [0.1, 0.15) is 32.1 Å². The van der Waals surface area contributed by atoms with Gasteiger partial charge in [0.05, 0.1) is 13.2 Å². The fraction of sp³-hybridized carbons (Fsp3) is 0.846. The van der Waals surface area contributed by atoms with E-state index in [2.05, 4.69) is 11.4 Å². The van der Waals surface area contributed by atoms with Gasteiger partial charge in [0.25, 0.3) is 0 Å². The van der Waals surface area contributed by atoms with Gasteiger partial charge in [0, 0.05) is 13.7 Å². The zero-order valence-corrected chi connectivity index (χ0v) is 10.5. The third kappa shape index (κ3) is 6.99. The minimum absolute atomic E-state index is 0.696. The molecule has 1 aliphatic carbocycles. The lowest BCUT2D eigenvalue weighted by Crippen LogP contribution is -2.18. The van der Waals surface area contributed by atoms with Crippen LogP contribution in [0.2, 0.25) is 0 Å². The van der Waals surface area contributed by atoms with Crippen molar-refractivity contribution in [3.8, 4) is 0 Å². The van der Waals surface area contributed by atoms with Crippen molar-refractivity contribution in [3.05, 3.63) is 11.6 Å². The van der Waals surface area contributed by atoms with Crippen molar-refractivity contribution in [2.45, 2.75) is 32.1 Å². The van der Waals surface area contributed by atoms with Crippen molar-refractivity contribution in [1.29, 1.82) is 0 Å². The second kappa shape index (κ2) is 9.82. The number of ether oxygens (including phenoxy) is 2. The Hall–Kier alpha value is -0.380. The molecule has 0 amide bonds. The van der Waals surface area contributed by atoms with Gasteiger partial charge in [-0.15, -0.1) is 0 Å². The lowest BCUT2D eigenvalue weighted by atomic mass is 10.2. The molecule has 3 heteroatoms. The number of nitrogens with one attached hydrogen (secondary N) is 1. The molecule has 3 nitrogen and oxygen atoms in total. The zero-order chi connectivity index (χ0) is 11.5. The van der Waals surface area contributed by atoms with E-state index in [4.69, 9.17) is 9.47 Å². The van der Waals surface area contributed by atoms with Crippen LogP contribution in [0.3, 0.4) is 0 Å². The summed E-state index contributed by atoms with van der Waals surface area (Å²) in [5.41, 5.74) is 1.64. The predicted octanol–water partition coefficient (Wildman–Crippen LogP) is 2.13. The average molecular weight is 227 g/mol. The normalized spacial score (nSPS) is 15.4. The van der Waals surface area contributed by atoms with Crippen LogP contribution < -0.4 is 5.32 Å². The average Bonchev–Trinajstić information content (AvgIpc) is 2.80. The quantitative estimate of drug-likeness (QED) is 0.458. The van der Waals surface area contributed by atoms with E-state index in [1.165, 1.54) is 25.7 Å². The third-order valence-electron chi connectivity index (χ3n) is 2.83. The monoisotopic (exact) mass is 227 g/mol. The van der Waals surface area contributed by atoms with E-state index in [9.17, 15) is 0 Å². The van der Waals surface area contributed by atoms with Crippen LogP contribution in [-0.4, -0.2) is 40.0 Å². The summed E-state index contributed by atoms with van der Waals surface area (Å²) >= 11 is 0. The van der Waals surface area contributed by atoms with Crippen molar-refractivity contribution in [2.24, 2.45) is 0 Å². The van der Waals surface area contributed by atoms with E-state index in [1.807, 2.05) is 0 Å². The first-order chi connectivity index (χ1) is 7.93. The van der Waals surface area contributed by atoms with E-state index >= 15 is 0 Å². The molecule has 1 rings (SSSR count). The van der Waals surface area contributed by atoms with E-state index in [1.54, 1.807) is 12.7 Å². The number of hydrogen-bond donors (Lipinski definition) is 1. The predicted molar refractivity (Wildman–Crippen MR) is 66.7 cm³/mol. The van der Waals surface area contributed by atoms with Crippen molar-refractivity contribution in [2.75, 3.05) is 40.0 Å². The number of rotatable bonds is 10. The zero-order valence-electron chi connectivity index (χ0n) is 10.5. The van der Waals surface area contributed by atoms with Crippen molar-refractivity contribution >= 4 is 0 Å². The largest absolute Gasteiger partial charge is 0.382 e. The second-order valence-corrected chi connectivity index (χ2v) is 4.21. The van der Waals surface area contributed by atoms with E-state index in [0.717, 1.165) is 26.1 Å². The molecule has 0 aliphatic heterocycles. The van der Waals surface area contributed by atoms with Gasteiger partial charge in [0.1, 0.15) is 0 Å². The molecule has 0 aromatic carbocycles. The first-order valence-corrected chi connectivity index (χ1v) is 6.39. The van der Waals surface area contributed by atoms with E-state index in [-0.39, 0.29) is 0 Å². The maximum Gasteiger partial charge on any atom is 0.0700 e. The highest BCUT2D eigenvalue weighted by atomic mass is 16.5. The van der Waals surface area contributed by atoms with Crippen LogP contribution in [0.5, 0.6) is 0 Å². The lowest BCUT2D eigenvalue weighted by molar-refractivity contribution is 0.0695. The summed E-state index contributed by atoms with van der Waals surface area (Å²) in [6.45, 7) is 4.41. The minimum Gasteiger partial charge on any atom is -0.382 e. The molecule has 16 heavy (non-hydrogen) atoms. The van der Waals surface area contributed by atoms with Crippen LogP contribution >= 0.6 is 0 Å². The summed E-state index contributed by atoms with van der Waals surface area (Å²) in [6, 6.07) is 0. The molecule has 0 aromatic heterocycles. The molecule has 0 atom stereocenters.